The smallest absolute Gasteiger partial charge is 0.315 e. The number of rotatable bonds is 2. The van der Waals surface area contributed by atoms with Crippen LogP contribution in [0, 0.1) is 11.9 Å². The number of hydrogen-bond acceptors (Lipinski definition) is 3. The molecule has 15 heavy (non-hydrogen) atoms. The van der Waals surface area contributed by atoms with Gasteiger partial charge in [0.05, 0.1) is 12.5 Å². The van der Waals surface area contributed by atoms with Crippen molar-refractivity contribution < 1.29 is 18.3 Å². The summed E-state index contributed by atoms with van der Waals surface area (Å²) in [5.74, 6) is -2.48. The number of esters is 1. The fraction of sp³-hybridized carbons (Fsp3) is 0.400. The molecule has 1 heterocycles. The van der Waals surface area contributed by atoms with Gasteiger partial charge in [0.15, 0.2) is 0 Å². The van der Waals surface area contributed by atoms with Crippen LogP contribution in [-0.2, 0) is 14.9 Å². The van der Waals surface area contributed by atoms with Crippen LogP contribution >= 0.6 is 0 Å². The Morgan fingerprint density at radius 1 is 1.33 bits per heavy atom. The Morgan fingerprint density at radius 2 is 1.80 bits per heavy atom. The van der Waals surface area contributed by atoms with E-state index in [0.29, 0.717) is 0 Å². The van der Waals surface area contributed by atoms with Crippen LogP contribution < -0.4 is 0 Å². The maximum absolute atomic E-state index is 12.8. The minimum absolute atomic E-state index is 0.194. The van der Waals surface area contributed by atoms with E-state index < -0.39 is 23.3 Å². The summed E-state index contributed by atoms with van der Waals surface area (Å²) in [6.07, 6.45) is 0. The second-order valence-corrected chi connectivity index (χ2v) is 3.62. The van der Waals surface area contributed by atoms with Crippen LogP contribution in [0.5, 0.6) is 0 Å². The lowest BCUT2D eigenvalue weighted by Crippen LogP contribution is -2.30. The first-order chi connectivity index (χ1) is 6.87. The first kappa shape index (κ1) is 11.6. The first-order valence-electron chi connectivity index (χ1n) is 4.30. The maximum atomic E-state index is 12.8. The molecule has 0 unspecified atom stereocenters. The first-order valence-corrected chi connectivity index (χ1v) is 4.30. The highest BCUT2D eigenvalue weighted by Gasteiger charge is 2.31. The van der Waals surface area contributed by atoms with Gasteiger partial charge in [0.1, 0.15) is 0 Å². The molecule has 0 N–H and O–H groups in total. The van der Waals surface area contributed by atoms with E-state index >= 15 is 0 Å². The van der Waals surface area contributed by atoms with Crippen LogP contribution in [0.25, 0.3) is 0 Å². The molecule has 0 amide bonds. The Morgan fingerprint density at radius 3 is 2.20 bits per heavy atom. The highest BCUT2D eigenvalue weighted by molar-refractivity contribution is 5.81. The average molecular weight is 215 g/mol. The zero-order valence-electron chi connectivity index (χ0n) is 8.67. The predicted octanol–water partition coefficient (Wildman–Crippen LogP) is 1.81. The number of carbonyl (C=O) groups excluding carboxylic acids is 1. The molecular weight excluding hydrogens is 204 g/mol. The molecule has 5 heteroatoms. The molecule has 0 aromatic carbocycles. The van der Waals surface area contributed by atoms with Crippen molar-refractivity contribution in [1.29, 1.82) is 0 Å². The van der Waals surface area contributed by atoms with E-state index in [9.17, 15) is 13.6 Å². The summed E-state index contributed by atoms with van der Waals surface area (Å²) >= 11 is 0. The molecule has 1 aromatic heterocycles. The predicted molar refractivity (Wildman–Crippen MR) is 49.2 cm³/mol. The van der Waals surface area contributed by atoms with Gasteiger partial charge in [-0.05, 0) is 31.5 Å². The van der Waals surface area contributed by atoms with Gasteiger partial charge in [0, 0.05) is 0 Å². The van der Waals surface area contributed by atoms with E-state index in [1.165, 1.54) is 21.0 Å². The van der Waals surface area contributed by atoms with Crippen molar-refractivity contribution in [1.82, 2.24) is 4.98 Å². The molecule has 0 fully saturated rings. The van der Waals surface area contributed by atoms with E-state index in [-0.39, 0.29) is 5.56 Å². The Labute approximate surface area is 86.1 Å². The van der Waals surface area contributed by atoms with Crippen LogP contribution in [0.4, 0.5) is 8.78 Å². The van der Waals surface area contributed by atoms with E-state index in [1.807, 2.05) is 0 Å². The van der Waals surface area contributed by atoms with Gasteiger partial charge in [-0.15, -0.1) is 0 Å². The third-order valence-corrected chi connectivity index (χ3v) is 2.18. The minimum Gasteiger partial charge on any atom is -0.468 e. The van der Waals surface area contributed by atoms with E-state index in [2.05, 4.69) is 9.72 Å². The highest BCUT2D eigenvalue weighted by Crippen LogP contribution is 2.25. The molecule has 0 saturated heterocycles. The van der Waals surface area contributed by atoms with Crippen molar-refractivity contribution in [2.75, 3.05) is 7.11 Å². The maximum Gasteiger partial charge on any atom is 0.315 e. The summed E-state index contributed by atoms with van der Waals surface area (Å²) in [5, 5.41) is 0. The second-order valence-electron chi connectivity index (χ2n) is 3.62. The van der Waals surface area contributed by atoms with Crippen molar-refractivity contribution >= 4 is 5.97 Å². The standard InChI is InChI=1S/C10H11F2NO2/c1-10(2,9(14)15-3)6-4-7(11)13-8(12)5-6/h4-5H,1-3H3. The summed E-state index contributed by atoms with van der Waals surface area (Å²) in [7, 11) is 1.22. The largest absolute Gasteiger partial charge is 0.468 e. The molecule has 0 spiro atoms. The highest BCUT2D eigenvalue weighted by atomic mass is 19.1. The Kier molecular flexibility index (Phi) is 3.02. The molecule has 0 aliphatic heterocycles. The summed E-state index contributed by atoms with van der Waals surface area (Å²) in [5.41, 5.74) is -0.904. The summed E-state index contributed by atoms with van der Waals surface area (Å²) in [4.78, 5) is 14.3. The zero-order valence-corrected chi connectivity index (χ0v) is 8.67. The van der Waals surface area contributed by atoms with E-state index in [1.54, 1.807) is 0 Å². The molecule has 0 aliphatic carbocycles. The number of halogens is 2. The van der Waals surface area contributed by atoms with Crippen LogP contribution in [0.15, 0.2) is 12.1 Å². The zero-order chi connectivity index (χ0) is 11.6. The van der Waals surface area contributed by atoms with Gasteiger partial charge in [0.2, 0.25) is 11.9 Å². The number of ether oxygens (including phenoxy) is 1. The van der Waals surface area contributed by atoms with Gasteiger partial charge in [-0.1, -0.05) is 0 Å². The molecule has 0 saturated carbocycles. The van der Waals surface area contributed by atoms with E-state index in [0.717, 1.165) is 12.1 Å². The number of nitrogens with zero attached hydrogens (tertiary/aromatic N) is 1. The van der Waals surface area contributed by atoms with Crippen LogP contribution in [0.3, 0.4) is 0 Å². The lowest BCUT2D eigenvalue weighted by Gasteiger charge is -2.21. The lowest BCUT2D eigenvalue weighted by molar-refractivity contribution is -0.146. The SMILES string of the molecule is COC(=O)C(C)(C)c1cc(F)nc(F)c1. The van der Waals surface area contributed by atoms with Crippen molar-refractivity contribution in [2.45, 2.75) is 19.3 Å². The molecule has 82 valence electrons. The second kappa shape index (κ2) is 3.92. The molecule has 0 radical (unpaired) electrons. The van der Waals surface area contributed by atoms with Gasteiger partial charge >= 0.3 is 5.97 Å². The third-order valence-electron chi connectivity index (χ3n) is 2.18. The number of methoxy groups -OCH3 is 1. The van der Waals surface area contributed by atoms with Crippen molar-refractivity contribution in [3.63, 3.8) is 0 Å². The Hall–Kier alpha value is -1.52. The lowest BCUT2D eigenvalue weighted by atomic mass is 9.85. The molecule has 3 nitrogen and oxygen atoms in total. The molecule has 0 bridgehead atoms. The number of carbonyl (C=O) groups is 1. The van der Waals surface area contributed by atoms with Gasteiger partial charge < -0.3 is 4.74 Å². The number of aromatic nitrogens is 1. The summed E-state index contributed by atoms with van der Waals surface area (Å²) in [6, 6.07) is 2.03. The van der Waals surface area contributed by atoms with Crippen molar-refractivity contribution in [3.8, 4) is 0 Å². The third kappa shape index (κ3) is 2.29. The average Bonchev–Trinajstić information content (AvgIpc) is 2.15. The molecule has 1 rings (SSSR count). The number of pyridine rings is 1. The molecule has 1 aromatic rings. The quantitative estimate of drug-likeness (QED) is 0.558. The summed E-state index contributed by atoms with van der Waals surface area (Å²) < 4.78 is 30.2. The molecular formula is C10H11F2NO2. The summed E-state index contributed by atoms with van der Waals surface area (Å²) in [6.45, 7) is 3.04. The van der Waals surface area contributed by atoms with Gasteiger partial charge in [-0.3, -0.25) is 4.79 Å². The molecule has 0 atom stereocenters. The van der Waals surface area contributed by atoms with Gasteiger partial charge in [-0.25, -0.2) is 0 Å². The van der Waals surface area contributed by atoms with Crippen LogP contribution in [0.2, 0.25) is 0 Å². The van der Waals surface area contributed by atoms with Gasteiger partial charge in [0.25, 0.3) is 0 Å². The fourth-order valence-electron chi connectivity index (χ4n) is 1.20. The molecule has 0 aliphatic rings. The normalized spacial score (nSPS) is 11.3. The van der Waals surface area contributed by atoms with E-state index in [4.69, 9.17) is 0 Å². The topological polar surface area (TPSA) is 39.2 Å². The van der Waals surface area contributed by atoms with Crippen LogP contribution in [-0.4, -0.2) is 18.1 Å². The Bertz CT molecular complexity index is 371. The van der Waals surface area contributed by atoms with Crippen LogP contribution in [0.1, 0.15) is 19.4 Å². The Balaban J connectivity index is 3.20. The van der Waals surface area contributed by atoms with Crippen molar-refractivity contribution in [3.05, 3.63) is 29.6 Å². The fourth-order valence-corrected chi connectivity index (χ4v) is 1.20. The number of hydrogen-bond donors (Lipinski definition) is 0. The minimum atomic E-state index is -1.10. The monoisotopic (exact) mass is 215 g/mol. The van der Waals surface area contributed by atoms with Gasteiger partial charge in [-0.2, -0.15) is 13.8 Å². The van der Waals surface area contributed by atoms with Crippen molar-refractivity contribution in [2.24, 2.45) is 0 Å².